The van der Waals surface area contributed by atoms with E-state index in [-0.39, 0.29) is 18.3 Å². The molecule has 3 aliphatic heterocycles. The largest absolute Gasteiger partial charge is 0.366 e. The van der Waals surface area contributed by atoms with Gasteiger partial charge in [-0.25, -0.2) is 0 Å². The number of aliphatic hydroxyl groups is 1. The Balaban J connectivity index is 1.75. The Bertz CT molecular complexity index is 341. The van der Waals surface area contributed by atoms with E-state index in [1.165, 1.54) is 0 Å². The number of rotatable bonds is 1. The topological polar surface area (TPSA) is 66.4 Å². The van der Waals surface area contributed by atoms with Gasteiger partial charge in [0.1, 0.15) is 24.4 Å². The average molecular weight is 260 g/mol. The summed E-state index contributed by atoms with van der Waals surface area (Å²) in [6, 6.07) is 0. The molecule has 0 aromatic heterocycles. The molecule has 0 spiro atoms. The second-order valence-corrected chi connectivity index (χ2v) is 5.92. The third-order valence-electron chi connectivity index (χ3n) is 3.46. The summed E-state index contributed by atoms with van der Waals surface area (Å²) in [5, 5.41) is 9.87. The van der Waals surface area contributed by atoms with E-state index in [1.807, 2.05) is 27.7 Å². The van der Waals surface area contributed by atoms with Gasteiger partial charge in [-0.15, -0.1) is 0 Å². The normalized spacial score (nSPS) is 49.5. The van der Waals surface area contributed by atoms with E-state index in [1.54, 1.807) is 0 Å². The number of aliphatic hydroxyl groups excluding tert-OH is 1. The molecule has 1 N–H and O–H groups in total. The van der Waals surface area contributed by atoms with E-state index in [9.17, 15) is 5.11 Å². The second-order valence-electron chi connectivity index (χ2n) is 5.92. The molecule has 0 radical (unpaired) electrons. The first kappa shape index (κ1) is 12.8. The molecule has 3 heterocycles. The molecule has 6 nitrogen and oxygen atoms in total. The lowest BCUT2D eigenvalue weighted by Gasteiger charge is -2.26. The maximum atomic E-state index is 9.87. The van der Waals surface area contributed by atoms with Gasteiger partial charge in [0.05, 0.1) is 6.61 Å². The fraction of sp³-hybridized carbons (Fsp3) is 1.00. The summed E-state index contributed by atoms with van der Waals surface area (Å²) in [7, 11) is 0. The van der Waals surface area contributed by atoms with Gasteiger partial charge in [-0.1, -0.05) is 0 Å². The highest BCUT2D eigenvalue weighted by molar-refractivity contribution is 4.99. The van der Waals surface area contributed by atoms with Crippen LogP contribution in [0.4, 0.5) is 0 Å². The van der Waals surface area contributed by atoms with Gasteiger partial charge >= 0.3 is 0 Å². The number of hydrogen-bond acceptors (Lipinski definition) is 6. The van der Waals surface area contributed by atoms with Gasteiger partial charge < -0.3 is 28.8 Å². The van der Waals surface area contributed by atoms with Gasteiger partial charge in [0, 0.05) is 0 Å². The van der Waals surface area contributed by atoms with Crippen molar-refractivity contribution in [1.82, 2.24) is 0 Å². The molecule has 0 unspecified atom stereocenters. The lowest BCUT2D eigenvalue weighted by atomic mass is 10.1. The number of ether oxygens (including phenoxy) is 5. The maximum absolute atomic E-state index is 9.87. The molecule has 6 heteroatoms. The molecule has 3 rings (SSSR count). The molecule has 3 saturated heterocycles. The van der Waals surface area contributed by atoms with Crippen molar-refractivity contribution in [3.05, 3.63) is 0 Å². The molecular formula is C12H20O6. The molecule has 3 aliphatic rings. The Morgan fingerprint density at radius 3 is 2.17 bits per heavy atom. The van der Waals surface area contributed by atoms with Gasteiger partial charge in [0.2, 0.25) is 0 Å². The van der Waals surface area contributed by atoms with Gasteiger partial charge in [-0.3, -0.25) is 0 Å². The first-order valence-electron chi connectivity index (χ1n) is 6.28. The van der Waals surface area contributed by atoms with Gasteiger partial charge in [-0.2, -0.15) is 0 Å². The summed E-state index contributed by atoms with van der Waals surface area (Å²) in [6.07, 6.45) is -2.38. The fourth-order valence-electron chi connectivity index (χ4n) is 2.78. The first-order chi connectivity index (χ1) is 8.27. The summed E-state index contributed by atoms with van der Waals surface area (Å²) in [5.41, 5.74) is 0. The van der Waals surface area contributed by atoms with Crippen molar-refractivity contribution in [3.63, 3.8) is 0 Å². The molecule has 0 aliphatic carbocycles. The Morgan fingerprint density at radius 2 is 1.56 bits per heavy atom. The molecule has 18 heavy (non-hydrogen) atoms. The predicted octanol–water partition coefficient (Wildman–Crippen LogP) is 0.375. The smallest absolute Gasteiger partial charge is 0.184 e. The van der Waals surface area contributed by atoms with Gasteiger partial charge in [-0.05, 0) is 27.7 Å². The highest BCUT2D eigenvalue weighted by atomic mass is 16.8. The fourth-order valence-corrected chi connectivity index (χ4v) is 2.78. The minimum absolute atomic E-state index is 0.248. The van der Waals surface area contributed by atoms with Crippen LogP contribution in [-0.2, 0) is 23.7 Å². The van der Waals surface area contributed by atoms with E-state index in [2.05, 4.69) is 0 Å². The third kappa shape index (κ3) is 2.07. The minimum Gasteiger partial charge on any atom is -0.366 e. The maximum Gasteiger partial charge on any atom is 0.184 e. The summed E-state index contributed by atoms with van der Waals surface area (Å²) in [5.74, 6) is -1.32. The zero-order valence-electron chi connectivity index (χ0n) is 11.1. The van der Waals surface area contributed by atoms with Crippen molar-refractivity contribution in [2.75, 3.05) is 6.61 Å². The molecule has 5 atom stereocenters. The van der Waals surface area contributed by atoms with Crippen molar-refractivity contribution in [2.24, 2.45) is 0 Å². The third-order valence-corrected chi connectivity index (χ3v) is 3.46. The molecule has 0 bridgehead atoms. The highest BCUT2D eigenvalue weighted by Gasteiger charge is 2.58. The quantitative estimate of drug-likeness (QED) is 0.735. The van der Waals surface area contributed by atoms with Crippen LogP contribution in [0.3, 0.4) is 0 Å². The molecule has 0 saturated carbocycles. The predicted molar refractivity (Wildman–Crippen MR) is 59.6 cm³/mol. The second kappa shape index (κ2) is 3.88. The van der Waals surface area contributed by atoms with Crippen LogP contribution in [0.2, 0.25) is 0 Å². The van der Waals surface area contributed by atoms with Crippen molar-refractivity contribution in [2.45, 2.75) is 70.0 Å². The number of hydrogen-bond donors (Lipinski definition) is 1. The van der Waals surface area contributed by atoms with Crippen molar-refractivity contribution >= 4 is 0 Å². The first-order valence-corrected chi connectivity index (χ1v) is 6.28. The summed E-state index contributed by atoms with van der Waals surface area (Å²) in [6.45, 7) is 7.78. The van der Waals surface area contributed by atoms with Crippen LogP contribution < -0.4 is 0 Å². The average Bonchev–Trinajstić information content (AvgIpc) is 2.81. The lowest BCUT2D eigenvalue weighted by molar-refractivity contribution is -0.236. The van der Waals surface area contributed by atoms with Crippen molar-refractivity contribution < 1.29 is 28.8 Å². The zero-order chi connectivity index (χ0) is 13.1. The Kier molecular flexibility index (Phi) is 2.75. The van der Waals surface area contributed by atoms with E-state index in [0.29, 0.717) is 6.61 Å². The standard InChI is InChI=1S/C12H20O6/c1-11(2)14-5-6(16-11)7-8-9(10(13)15-7)18-12(3,4)17-8/h6-10,13H,5H2,1-4H3/t6-,7+,8+,9+,10-/m0/s1. The van der Waals surface area contributed by atoms with E-state index in [4.69, 9.17) is 23.7 Å². The highest BCUT2D eigenvalue weighted by Crippen LogP contribution is 2.41. The Labute approximate surface area is 106 Å². The van der Waals surface area contributed by atoms with E-state index >= 15 is 0 Å². The van der Waals surface area contributed by atoms with E-state index in [0.717, 1.165) is 0 Å². The van der Waals surface area contributed by atoms with Crippen LogP contribution in [-0.4, -0.2) is 54.0 Å². The number of fused-ring (bicyclic) bond motifs is 1. The van der Waals surface area contributed by atoms with Crippen molar-refractivity contribution in [1.29, 1.82) is 0 Å². The zero-order valence-corrected chi connectivity index (χ0v) is 11.1. The molecular weight excluding hydrogens is 240 g/mol. The summed E-state index contributed by atoms with van der Waals surface area (Å²) in [4.78, 5) is 0. The Hall–Kier alpha value is -0.240. The van der Waals surface area contributed by atoms with Crippen LogP contribution in [0.5, 0.6) is 0 Å². The van der Waals surface area contributed by atoms with Crippen LogP contribution in [0.15, 0.2) is 0 Å². The van der Waals surface area contributed by atoms with Crippen LogP contribution in [0, 0.1) is 0 Å². The molecule has 104 valence electrons. The van der Waals surface area contributed by atoms with Crippen molar-refractivity contribution in [3.8, 4) is 0 Å². The van der Waals surface area contributed by atoms with Crippen LogP contribution in [0.25, 0.3) is 0 Å². The lowest BCUT2D eigenvalue weighted by Crippen LogP contribution is -2.40. The van der Waals surface area contributed by atoms with Crippen LogP contribution in [0.1, 0.15) is 27.7 Å². The molecule has 0 aromatic carbocycles. The van der Waals surface area contributed by atoms with Gasteiger partial charge in [0.25, 0.3) is 0 Å². The molecule has 0 amide bonds. The van der Waals surface area contributed by atoms with Gasteiger partial charge in [0.15, 0.2) is 17.9 Å². The molecule has 3 fully saturated rings. The monoisotopic (exact) mass is 260 g/mol. The summed E-state index contributed by atoms with van der Waals surface area (Å²) >= 11 is 0. The Morgan fingerprint density at radius 1 is 0.889 bits per heavy atom. The summed E-state index contributed by atoms with van der Waals surface area (Å²) < 4.78 is 28.2. The SMILES string of the molecule is CC1(C)O[C@H]2[C@@H](O1)[C@@H](O)O[C@@H]2[C@@H]1COC(C)(C)O1. The minimum atomic E-state index is -0.978. The molecule has 0 aromatic rings. The van der Waals surface area contributed by atoms with E-state index < -0.39 is 24.0 Å². The van der Waals surface area contributed by atoms with Crippen LogP contribution >= 0.6 is 0 Å².